The van der Waals surface area contributed by atoms with E-state index in [1.165, 1.54) is 18.5 Å². The van der Waals surface area contributed by atoms with E-state index in [0.29, 0.717) is 16.9 Å². The minimum Gasteiger partial charge on any atom is -0.306 e. The molecule has 130 valence electrons. The molecular weight excluding hydrogens is 348 g/mol. The van der Waals surface area contributed by atoms with Gasteiger partial charge in [-0.15, -0.1) is 0 Å². The van der Waals surface area contributed by atoms with Crippen LogP contribution < -0.4 is 4.72 Å². The van der Waals surface area contributed by atoms with Gasteiger partial charge in [0, 0.05) is 30.4 Å². The van der Waals surface area contributed by atoms with Gasteiger partial charge in [0.1, 0.15) is 10.5 Å². The molecule has 0 saturated carbocycles. The quantitative estimate of drug-likeness (QED) is 0.601. The summed E-state index contributed by atoms with van der Waals surface area (Å²) in [4.78, 5) is 8.65. The van der Waals surface area contributed by atoms with E-state index in [9.17, 15) is 8.42 Å². The normalized spacial score (nSPS) is 11.6. The molecular formula is C19H16N4O2S. The molecule has 3 aromatic heterocycles. The number of para-hydroxylation sites is 1. The highest BCUT2D eigenvalue weighted by molar-refractivity contribution is 7.92. The summed E-state index contributed by atoms with van der Waals surface area (Å²) in [5, 5.41) is 0. The van der Waals surface area contributed by atoms with Gasteiger partial charge in [-0.1, -0.05) is 24.3 Å². The molecule has 1 aromatic carbocycles. The van der Waals surface area contributed by atoms with Crippen LogP contribution >= 0.6 is 0 Å². The van der Waals surface area contributed by atoms with Crippen molar-refractivity contribution < 1.29 is 8.42 Å². The van der Waals surface area contributed by atoms with Crippen LogP contribution in [-0.2, 0) is 10.0 Å². The summed E-state index contributed by atoms with van der Waals surface area (Å²) in [6.07, 6.45) is 6.66. The molecule has 0 spiro atoms. The molecule has 0 aliphatic carbocycles. The van der Waals surface area contributed by atoms with E-state index in [2.05, 4.69) is 14.7 Å². The molecule has 1 N–H and O–H groups in total. The number of aromatic nitrogens is 3. The highest BCUT2D eigenvalue weighted by Crippen LogP contribution is 2.29. The SMILES string of the molecule is Cc1cccn2cc(-c3ccccc3NS(=O)(=O)c3cccnc3)nc12. The maximum Gasteiger partial charge on any atom is 0.263 e. The first-order valence-electron chi connectivity index (χ1n) is 8.01. The molecule has 7 heteroatoms. The maximum absolute atomic E-state index is 12.6. The Bertz CT molecular complexity index is 1180. The Kier molecular flexibility index (Phi) is 3.93. The third-order valence-corrected chi connectivity index (χ3v) is 5.42. The van der Waals surface area contributed by atoms with Crippen LogP contribution in [0.3, 0.4) is 0 Å². The van der Waals surface area contributed by atoms with Crippen LogP contribution in [0.1, 0.15) is 5.56 Å². The largest absolute Gasteiger partial charge is 0.306 e. The van der Waals surface area contributed by atoms with Crippen molar-refractivity contribution in [3.05, 3.63) is 78.9 Å². The van der Waals surface area contributed by atoms with Crippen molar-refractivity contribution in [2.45, 2.75) is 11.8 Å². The molecule has 3 heterocycles. The zero-order valence-corrected chi connectivity index (χ0v) is 14.8. The van der Waals surface area contributed by atoms with Crippen molar-refractivity contribution in [1.29, 1.82) is 0 Å². The second-order valence-corrected chi connectivity index (χ2v) is 7.57. The molecule has 0 unspecified atom stereocenters. The number of anilines is 1. The van der Waals surface area contributed by atoms with Crippen molar-refractivity contribution in [3.63, 3.8) is 0 Å². The monoisotopic (exact) mass is 364 g/mol. The molecule has 0 amide bonds. The van der Waals surface area contributed by atoms with Crippen LogP contribution in [0.5, 0.6) is 0 Å². The zero-order valence-electron chi connectivity index (χ0n) is 14.0. The predicted octanol–water partition coefficient (Wildman–Crippen LogP) is 3.51. The standard InChI is InChI=1S/C19H16N4O2S/c1-14-6-5-11-23-13-18(21-19(14)23)16-8-2-3-9-17(16)22-26(24,25)15-7-4-10-20-12-15/h2-13,22H,1H3. The first-order valence-corrected chi connectivity index (χ1v) is 9.49. The van der Waals surface area contributed by atoms with Crippen LogP contribution in [0.2, 0.25) is 0 Å². The number of rotatable bonds is 4. The van der Waals surface area contributed by atoms with E-state index >= 15 is 0 Å². The highest BCUT2D eigenvalue weighted by atomic mass is 32.2. The van der Waals surface area contributed by atoms with Crippen LogP contribution in [0.4, 0.5) is 5.69 Å². The number of aryl methyl sites for hydroxylation is 1. The summed E-state index contributed by atoms with van der Waals surface area (Å²) >= 11 is 0. The summed E-state index contributed by atoms with van der Waals surface area (Å²) < 4.78 is 29.8. The number of nitrogens with zero attached hydrogens (tertiary/aromatic N) is 3. The molecule has 0 radical (unpaired) electrons. The van der Waals surface area contributed by atoms with Gasteiger partial charge < -0.3 is 4.40 Å². The van der Waals surface area contributed by atoms with Crippen molar-refractivity contribution >= 4 is 21.4 Å². The van der Waals surface area contributed by atoms with Crippen LogP contribution in [-0.4, -0.2) is 22.8 Å². The molecule has 0 bridgehead atoms. The third-order valence-electron chi connectivity index (χ3n) is 4.07. The van der Waals surface area contributed by atoms with Gasteiger partial charge in [0.15, 0.2) is 0 Å². The lowest BCUT2D eigenvalue weighted by Gasteiger charge is -2.11. The number of imidazole rings is 1. The van der Waals surface area contributed by atoms with Crippen molar-refractivity contribution in [3.8, 4) is 11.3 Å². The van der Waals surface area contributed by atoms with Gasteiger partial charge in [-0.2, -0.15) is 0 Å². The number of sulfonamides is 1. The molecule has 26 heavy (non-hydrogen) atoms. The van der Waals surface area contributed by atoms with Crippen LogP contribution in [0.15, 0.2) is 78.2 Å². The Morgan fingerprint density at radius 1 is 1.04 bits per heavy atom. The van der Waals surface area contributed by atoms with Gasteiger partial charge in [0.2, 0.25) is 0 Å². The van der Waals surface area contributed by atoms with Crippen LogP contribution in [0.25, 0.3) is 16.9 Å². The summed E-state index contributed by atoms with van der Waals surface area (Å²) in [5.41, 5.74) is 3.77. The first-order chi connectivity index (χ1) is 12.5. The smallest absolute Gasteiger partial charge is 0.263 e. The van der Waals surface area contributed by atoms with E-state index in [4.69, 9.17) is 0 Å². The minimum absolute atomic E-state index is 0.112. The summed E-state index contributed by atoms with van der Waals surface area (Å²) in [6.45, 7) is 1.99. The number of pyridine rings is 2. The van der Waals surface area contributed by atoms with Gasteiger partial charge in [-0.25, -0.2) is 13.4 Å². The topological polar surface area (TPSA) is 76.4 Å². The molecule has 6 nitrogen and oxygen atoms in total. The Morgan fingerprint density at radius 3 is 2.65 bits per heavy atom. The second-order valence-electron chi connectivity index (χ2n) is 5.89. The lowest BCUT2D eigenvalue weighted by Crippen LogP contribution is -2.13. The fourth-order valence-electron chi connectivity index (χ4n) is 2.79. The first kappa shape index (κ1) is 16.3. The van der Waals surface area contributed by atoms with E-state index in [0.717, 1.165) is 11.2 Å². The molecule has 0 aliphatic heterocycles. The lowest BCUT2D eigenvalue weighted by molar-refractivity contribution is 0.601. The van der Waals surface area contributed by atoms with Crippen molar-refractivity contribution in [1.82, 2.24) is 14.4 Å². The van der Waals surface area contributed by atoms with Crippen molar-refractivity contribution in [2.24, 2.45) is 0 Å². The fraction of sp³-hybridized carbons (Fsp3) is 0.0526. The Morgan fingerprint density at radius 2 is 1.88 bits per heavy atom. The van der Waals surface area contributed by atoms with E-state index in [1.807, 2.05) is 48.0 Å². The number of hydrogen-bond acceptors (Lipinski definition) is 4. The fourth-order valence-corrected chi connectivity index (χ4v) is 3.83. The van der Waals surface area contributed by atoms with Gasteiger partial charge in [-0.3, -0.25) is 9.71 Å². The summed E-state index contributed by atoms with van der Waals surface area (Å²) in [6, 6.07) is 14.2. The zero-order chi connectivity index (χ0) is 18.1. The average molecular weight is 364 g/mol. The van der Waals surface area contributed by atoms with Gasteiger partial charge in [-0.05, 0) is 36.8 Å². The molecule has 0 aliphatic rings. The molecule has 0 atom stereocenters. The van der Waals surface area contributed by atoms with Gasteiger partial charge in [0.05, 0.1) is 11.4 Å². The average Bonchev–Trinajstić information content (AvgIpc) is 3.08. The minimum atomic E-state index is -3.73. The van der Waals surface area contributed by atoms with E-state index in [-0.39, 0.29) is 4.90 Å². The Hall–Kier alpha value is -3.19. The molecule has 4 rings (SSSR count). The number of hydrogen-bond donors (Lipinski definition) is 1. The predicted molar refractivity (Wildman–Crippen MR) is 100 cm³/mol. The van der Waals surface area contributed by atoms with Gasteiger partial charge >= 0.3 is 0 Å². The number of benzene rings is 1. The summed E-state index contributed by atoms with van der Waals surface area (Å²) in [5.74, 6) is 0. The summed E-state index contributed by atoms with van der Waals surface area (Å²) in [7, 11) is -3.73. The number of nitrogens with one attached hydrogen (secondary N) is 1. The second kappa shape index (κ2) is 6.27. The van der Waals surface area contributed by atoms with E-state index < -0.39 is 10.0 Å². The molecule has 4 aromatic rings. The molecule has 0 saturated heterocycles. The Balaban J connectivity index is 1.79. The number of fused-ring (bicyclic) bond motifs is 1. The maximum atomic E-state index is 12.6. The van der Waals surface area contributed by atoms with Crippen molar-refractivity contribution in [2.75, 3.05) is 4.72 Å². The highest BCUT2D eigenvalue weighted by Gasteiger charge is 2.17. The van der Waals surface area contributed by atoms with E-state index in [1.54, 1.807) is 18.2 Å². The molecule has 0 fully saturated rings. The van der Waals surface area contributed by atoms with Gasteiger partial charge in [0.25, 0.3) is 10.0 Å². The Labute approximate surface area is 151 Å². The third kappa shape index (κ3) is 2.93. The van der Waals surface area contributed by atoms with Crippen LogP contribution in [0, 0.1) is 6.92 Å². The lowest BCUT2D eigenvalue weighted by atomic mass is 10.1.